The van der Waals surface area contributed by atoms with Gasteiger partial charge >= 0.3 is 0 Å². The van der Waals surface area contributed by atoms with Crippen LogP contribution in [-0.2, 0) is 0 Å². The van der Waals surface area contributed by atoms with Crippen LogP contribution < -0.4 is 5.56 Å². The highest BCUT2D eigenvalue weighted by Gasteiger charge is 1.99. The van der Waals surface area contributed by atoms with E-state index in [9.17, 15) is 4.79 Å². The summed E-state index contributed by atoms with van der Waals surface area (Å²) < 4.78 is 5.08. The number of rotatable bonds is 1. The van der Waals surface area contributed by atoms with Gasteiger partial charge in [-0.25, -0.2) is 0 Å². The quantitative estimate of drug-likeness (QED) is 0.659. The Morgan fingerprint density at radius 3 is 2.54 bits per heavy atom. The van der Waals surface area contributed by atoms with Gasteiger partial charge in [0, 0.05) is 11.6 Å². The lowest BCUT2D eigenvalue weighted by atomic mass is 10.2. The Hall–Kier alpha value is -1.90. The summed E-state index contributed by atoms with van der Waals surface area (Å²) >= 11 is 0. The molecule has 13 heavy (non-hydrogen) atoms. The van der Waals surface area contributed by atoms with E-state index in [1.807, 2.05) is 30.3 Å². The molecule has 0 fully saturated rings. The number of hydrogen-bond acceptors (Lipinski definition) is 3. The van der Waals surface area contributed by atoms with Crippen LogP contribution in [0.1, 0.15) is 0 Å². The van der Waals surface area contributed by atoms with Gasteiger partial charge in [-0.3, -0.25) is 4.79 Å². The van der Waals surface area contributed by atoms with Gasteiger partial charge < -0.3 is 4.42 Å². The van der Waals surface area contributed by atoms with Gasteiger partial charge in [-0.05, 0) is 12.1 Å². The molecular weight excluding hydrogens is 166 g/mol. The van der Waals surface area contributed by atoms with Crippen molar-refractivity contribution >= 4 is 0 Å². The van der Waals surface area contributed by atoms with Crippen LogP contribution in [-0.4, -0.2) is 4.98 Å². The van der Waals surface area contributed by atoms with E-state index in [1.165, 1.54) is 12.3 Å². The maximum absolute atomic E-state index is 10.9. The van der Waals surface area contributed by atoms with Crippen LogP contribution in [0.4, 0.5) is 0 Å². The van der Waals surface area contributed by atoms with Gasteiger partial charge in [-0.1, -0.05) is 18.2 Å². The molecule has 0 aliphatic carbocycles. The minimum absolute atomic E-state index is 0.287. The molecule has 0 bridgehead atoms. The monoisotopic (exact) mass is 173 g/mol. The highest BCUT2D eigenvalue weighted by atomic mass is 16.3. The van der Waals surface area contributed by atoms with E-state index in [0.29, 0.717) is 5.89 Å². The molecule has 64 valence electrons. The Bertz CT molecular complexity index is 448. The standard InChI is InChI=1S/C10H7NO2/c12-9-6-7-13-10(11-9)8-4-2-1-3-5-8/h1-7H. The highest BCUT2D eigenvalue weighted by molar-refractivity contribution is 5.51. The molecule has 0 saturated heterocycles. The Balaban J connectivity index is 2.54. The molecule has 0 aliphatic heterocycles. The summed E-state index contributed by atoms with van der Waals surface area (Å²) in [6.07, 6.45) is 1.34. The van der Waals surface area contributed by atoms with Crippen molar-refractivity contribution < 1.29 is 4.42 Å². The van der Waals surface area contributed by atoms with Gasteiger partial charge in [-0.15, -0.1) is 0 Å². The van der Waals surface area contributed by atoms with Crippen molar-refractivity contribution in [1.82, 2.24) is 4.98 Å². The number of hydrogen-bond donors (Lipinski definition) is 0. The Kier molecular flexibility index (Phi) is 1.92. The van der Waals surface area contributed by atoms with E-state index < -0.39 is 0 Å². The maximum atomic E-state index is 10.9. The molecule has 0 aliphatic rings. The average Bonchev–Trinajstić information content (AvgIpc) is 2.19. The predicted molar refractivity (Wildman–Crippen MR) is 48.2 cm³/mol. The van der Waals surface area contributed by atoms with Crippen molar-refractivity contribution in [3.8, 4) is 11.5 Å². The van der Waals surface area contributed by atoms with Crippen molar-refractivity contribution in [3.05, 3.63) is 53.0 Å². The molecule has 1 aromatic heterocycles. The summed E-state index contributed by atoms with van der Waals surface area (Å²) in [6.45, 7) is 0. The summed E-state index contributed by atoms with van der Waals surface area (Å²) in [4.78, 5) is 14.6. The average molecular weight is 173 g/mol. The fourth-order valence-electron chi connectivity index (χ4n) is 1.03. The summed E-state index contributed by atoms with van der Waals surface area (Å²) in [5, 5.41) is 0. The van der Waals surface area contributed by atoms with E-state index in [1.54, 1.807) is 0 Å². The number of nitrogens with zero attached hydrogens (tertiary/aromatic N) is 1. The van der Waals surface area contributed by atoms with E-state index in [4.69, 9.17) is 4.42 Å². The Morgan fingerprint density at radius 2 is 1.85 bits per heavy atom. The molecule has 2 rings (SSSR count). The van der Waals surface area contributed by atoms with Gasteiger partial charge in [0.25, 0.3) is 5.56 Å². The smallest absolute Gasteiger partial charge is 0.276 e. The molecule has 3 nitrogen and oxygen atoms in total. The van der Waals surface area contributed by atoms with E-state index in [0.717, 1.165) is 5.56 Å². The third-order valence-corrected chi connectivity index (χ3v) is 1.62. The van der Waals surface area contributed by atoms with Crippen LogP contribution in [0.2, 0.25) is 0 Å². The van der Waals surface area contributed by atoms with E-state index in [2.05, 4.69) is 4.98 Å². The second kappa shape index (κ2) is 3.23. The largest absolute Gasteiger partial charge is 0.446 e. The molecule has 3 heteroatoms. The number of benzene rings is 1. The third-order valence-electron chi connectivity index (χ3n) is 1.62. The fourth-order valence-corrected chi connectivity index (χ4v) is 1.03. The van der Waals surface area contributed by atoms with Crippen LogP contribution >= 0.6 is 0 Å². The number of aromatic nitrogens is 1. The molecule has 0 amide bonds. The summed E-state index contributed by atoms with van der Waals surface area (Å²) in [5.74, 6) is 0.355. The second-order valence-corrected chi connectivity index (χ2v) is 2.54. The zero-order valence-corrected chi connectivity index (χ0v) is 6.81. The van der Waals surface area contributed by atoms with Crippen molar-refractivity contribution in [3.63, 3.8) is 0 Å². The van der Waals surface area contributed by atoms with E-state index >= 15 is 0 Å². The third kappa shape index (κ3) is 1.64. The van der Waals surface area contributed by atoms with E-state index in [-0.39, 0.29) is 5.56 Å². The molecule has 1 aromatic carbocycles. The molecule has 0 saturated carbocycles. The topological polar surface area (TPSA) is 43.1 Å². The van der Waals surface area contributed by atoms with Crippen molar-refractivity contribution in [2.24, 2.45) is 0 Å². The van der Waals surface area contributed by atoms with Crippen molar-refractivity contribution in [1.29, 1.82) is 0 Å². The molecule has 0 N–H and O–H groups in total. The normalized spacial score (nSPS) is 9.85. The lowest BCUT2D eigenvalue weighted by molar-refractivity contribution is 0.542. The minimum atomic E-state index is -0.287. The van der Waals surface area contributed by atoms with Gasteiger partial charge in [-0.2, -0.15) is 4.98 Å². The van der Waals surface area contributed by atoms with Crippen molar-refractivity contribution in [2.75, 3.05) is 0 Å². The fraction of sp³-hybridized carbons (Fsp3) is 0. The first-order valence-corrected chi connectivity index (χ1v) is 3.87. The van der Waals surface area contributed by atoms with Crippen LogP contribution in [0.3, 0.4) is 0 Å². The molecule has 0 unspecified atom stereocenters. The molecule has 0 atom stereocenters. The first-order chi connectivity index (χ1) is 6.36. The van der Waals surface area contributed by atoms with Crippen LogP contribution in [0.25, 0.3) is 11.5 Å². The zero-order valence-electron chi connectivity index (χ0n) is 6.81. The lowest BCUT2D eigenvalue weighted by Crippen LogP contribution is -2.03. The van der Waals surface area contributed by atoms with Crippen LogP contribution in [0, 0.1) is 0 Å². The molecule has 2 aromatic rings. The van der Waals surface area contributed by atoms with Crippen LogP contribution in [0.5, 0.6) is 0 Å². The minimum Gasteiger partial charge on any atom is -0.446 e. The lowest BCUT2D eigenvalue weighted by Gasteiger charge is -1.95. The van der Waals surface area contributed by atoms with Crippen molar-refractivity contribution in [2.45, 2.75) is 0 Å². The highest BCUT2D eigenvalue weighted by Crippen LogP contribution is 2.13. The second-order valence-electron chi connectivity index (χ2n) is 2.54. The Morgan fingerprint density at radius 1 is 1.08 bits per heavy atom. The summed E-state index contributed by atoms with van der Waals surface area (Å²) in [7, 11) is 0. The first kappa shape index (κ1) is 7.73. The zero-order chi connectivity index (χ0) is 9.10. The van der Waals surface area contributed by atoms with Gasteiger partial charge in [0.1, 0.15) is 0 Å². The van der Waals surface area contributed by atoms with Gasteiger partial charge in [0.15, 0.2) is 0 Å². The van der Waals surface area contributed by atoms with Gasteiger partial charge in [0.05, 0.1) is 6.26 Å². The summed E-state index contributed by atoms with van der Waals surface area (Å²) in [6, 6.07) is 10.6. The molecular formula is C10H7NO2. The van der Waals surface area contributed by atoms with Gasteiger partial charge in [0.2, 0.25) is 5.89 Å². The summed E-state index contributed by atoms with van der Waals surface area (Å²) in [5.41, 5.74) is 0.519. The SMILES string of the molecule is O=c1ccoc(-c2ccccc2)n1. The first-order valence-electron chi connectivity index (χ1n) is 3.87. The maximum Gasteiger partial charge on any atom is 0.276 e. The predicted octanol–water partition coefficient (Wildman–Crippen LogP) is 1.70. The Labute approximate surface area is 74.7 Å². The van der Waals surface area contributed by atoms with Crippen LogP contribution in [0.15, 0.2) is 51.9 Å². The molecule has 1 heterocycles. The molecule has 0 radical (unpaired) electrons. The molecule has 0 spiro atoms.